The van der Waals surface area contributed by atoms with Crippen LogP contribution in [0.3, 0.4) is 0 Å². The summed E-state index contributed by atoms with van der Waals surface area (Å²) in [5, 5.41) is 10.0. The van der Waals surface area contributed by atoms with Crippen LogP contribution in [0.4, 0.5) is 20.2 Å². The zero-order chi connectivity index (χ0) is 23.5. The number of β-amino-alcohol motifs (C(OH)–C–C–N with tert-alkyl or cyclic N) is 1. The number of benzene rings is 1. The molecule has 1 N–H and O–H groups in total. The largest absolute Gasteiger partial charge is 0.467 e. The number of aryl methyl sites for hydroxylation is 1. The number of methoxy groups -OCH3 is 1. The molecule has 1 aromatic carbocycles. The Morgan fingerprint density at radius 2 is 1.94 bits per heavy atom. The Morgan fingerprint density at radius 1 is 1.25 bits per heavy atom. The standard InChI is InChI=1S/C22H28F2N4O4/c1-11-9-28-15(10-25(11)3)19(22(31)32-5)27(6-7-29)20-18(28)13-8-14(23)12(2)16(24)17(13)26(4)21(20)30/h8,11,15,19,29H,6-7,9-10H2,1-5H3. The van der Waals surface area contributed by atoms with E-state index in [1.54, 1.807) is 0 Å². The second-order valence-electron chi connectivity index (χ2n) is 8.65. The number of esters is 1. The Bertz CT molecular complexity index is 1150. The van der Waals surface area contributed by atoms with E-state index in [2.05, 4.69) is 4.90 Å². The van der Waals surface area contributed by atoms with Gasteiger partial charge in [0, 0.05) is 43.7 Å². The van der Waals surface area contributed by atoms with Gasteiger partial charge in [0.1, 0.15) is 17.5 Å². The van der Waals surface area contributed by atoms with Crippen LogP contribution in [0.5, 0.6) is 0 Å². The first-order chi connectivity index (χ1) is 15.1. The molecular formula is C22H28F2N4O4. The highest BCUT2D eigenvalue weighted by Crippen LogP contribution is 2.44. The molecule has 32 heavy (non-hydrogen) atoms. The van der Waals surface area contributed by atoms with Crippen molar-refractivity contribution in [3.05, 3.63) is 33.6 Å². The predicted molar refractivity (Wildman–Crippen MR) is 117 cm³/mol. The molecule has 0 radical (unpaired) electrons. The number of hydrogen-bond donors (Lipinski definition) is 1. The number of halogens is 2. The van der Waals surface area contributed by atoms with Crippen LogP contribution >= 0.6 is 0 Å². The van der Waals surface area contributed by atoms with E-state index >= 15 is 4.39 Å². The zero-order valence-corrected chi connectivity index (χ0v) is 18.9. The van der Waals surface area contributed by atoms with E-state index in [1.807, 2.05) is 18.9 Å². The normalized spacial score (nSPS) is 23.3. The van der Waals surface area contributed by atoms with Gasteiger partial charge in [-0.3, -0.25) is 9.69 Å². The van der Waals surface area contributed by atoms with Crippen LogP contribution in [0.2, 0.25) is 0 Å². The third kappa shape index (κ3) is 3.07. The van der Waals surface area contributed by atoms with Crippen molar-refractivity contribution in [3.8, 4) is 0 Å². The maximum Gasteiger partial charge on any atom is 0.330 e. The van der Waals surface area contributed by atoms with Crippen molar-refractivity contribution in [2.45, 2.75) is 32.0 Å². The molecule has 0 spiro atoms. The Balaban J connectivity index is 2.14. The van der Waals surface area contributed by atoms with Crippen LogP contribution in [-0.2, 0) is 16.6 Å². The van der Waals surface area contributed by atoms with Crippen molar-refractivity contribution in [2.75, 3.05) is 50.2 Å². The summed E-state index contributed by atoms with van der Waals surface area (Å²) in [4.78, 5) is 32.0. The molecule has 1 saturated heterocycles. The van der Waals surface area contributed by atoms with E-state index in [4.69, 9.17) is 4.74 Å². The zero-order valence-electron chi connectivity index (χ0n) is 18.9. The molecule has 2 aliphatic rings. The Kier molecular flexibility index (Phi) is 5.62. The van der Waals surface area contributed by atoms with E-state index in [9.17, 15) is 19.1 Å². The molecule has 8 nitrogen and oxygen atoms in total. The fourth-order valence-electron chi connectivity index (χ4n) is 5.02. The van der Waals surface area contributed by atoms with Crippen molar-refractivity contribution in [2.24, 2.45) is 7.05 Å². The number of carbonyl (C=O) groups is 1. The monoisotopic (exact) mass is 450 g/mol. The van der Waals surface area contributed by atoms with Crippen LogP contribution in [0.15, 0.2) is 10.9 Å². The fraction of sp³-hybridized carbons (Fsp3) is 0.545. The lowest BCUT2D eigenvalue weighted by Crippen LogP contribution is -2.69. The molecule has 1 aromatic heterocycles. The second-order valence-corrected chi connectivity index (χ2v) is 8.65. The van der Waals surface area contributed by atoms with Crippen LogP contribution < -0.4 is 15.4 Å². The third-order valence-electron chi connectivity index (χ3n) is 6.89. The SMILES string of the molecule is COC(=O)C1C2CN(C)C(C)CN2c2c(c(=O)n(C)c3c(F)c(C)c(F)cc23)N1CCO. The molecule has 3 atom stereocenters. The van der Waals surface area contributed by atoms with Crippen molar-refractivity contribution < 1.29 is 23.4 Å². The van der Waals surface area contributed by atoms with Crippen molar-refractivity contribution >= 4 is 28.2 Å². The van der Waals surface area contributed by atoms with Crippen molar-refractivity contribution in [1.29, 1.82) is 0 Å². The molecule has 0 amide bonds. The molecular weight excluding hydrogens is 422 g/mol. The Morgan fingerprint density at radius 3 is 2.56 bits per heavy atom. The number of aliphatic hydroxyl groups is 1. The smallest absolute Gasteiger partial charge is 0.330 e. The number of fused-ring (bicyclic) bond motifs is 5. The molecule has 4 rings (SSSR count). The van der Waals surface area contributed by atoms with E-state index in [1.165, 1.54) is 32.0 Å². The predicted octanol–water partition coefficient (Wildman–Crippen LogP) is 0.988. The number of anilines is 2. The fourth-order valence-corrected chi connectivity index (χ4v) is 5.02. The van der Waals surface area contributed by atoms with Crippen molar-refractivity contribution in [1.82, 2.24) is 9.47 Å². The van der Waals surface area contributed by atoms with Gasteiger partial charge in [-0.25, -0.2) is 13.6 Å². The summed E-state index contributed by atoms with van der Waals surface area (Å²) < 4.78 is 36.1. The minimum absolute atomic E-state index is 0.00601. The highest BCUT2D eigenvalue weighted by molar-refractivity contribution is 6.02. The number of carbonyl (C=O) groups excluding carboxylic acids is 1. The lowest BCUT2D eigenvalue weighted by molar-refractivity contribution is -0.143. The summed E-state index contributed by atoms with van der Waals surface area (Å²) in [6.45, 7) is 3.94. The molecule has 1 fully saturated rings. The topological polar surface area (TPSA) is 78.2 Å². The van der Waals surface area contributed by atoms with Gasteiger partial charge in [-0.15, -0.1) is 0 Å². The first kappa shape index (κ1) is 22.5. The van der Waals surface area contributed by atoms with E-state index < -0.39 is 35.2 Å². The molecule has 2 aliphatic heterocycles. The Labute approximate surface area is 184 Å². The number of aliphatic hydroxyl groups excluding tert-OH is 1. The number of pyridine rings is 1. The van der Waals surface area contributed by atoms with Gasteiger partial charge in [0.15, 0.2) is 5.82 Å². The molecule has 10 heteroatoms. The average molecular weight is 450 g/mol. The summed E-state index contributed by atoms with van der Waals surface area (Å²) in [6, 6.07) is 0.0214. The minimum Gasteiger partial charge on any atom is -0.467 e. The molecule has 0 aliphatic carbocycles. The third-order valence-corrected chi connectivity index (χ3v) is 6.89. The maximum atomic E-state index is 15.2. The second kappa shape index (κ2) is 8.00. The van der Waals surface area contributed by atoms with Crippen LogP contribution in [0, 0.1) is 18.6 Å². The number of aromatic nitrogens is 1. The van der Waals surface area contributed by atoms with Gasteiger partial charge in [-0.1, -0.05) is 0 Å². The summed E-state index contributed by atoms with van der Waals surface area (Å²) in [6.07, 6.45) is 0. The number of likely N-dealkylation sites (N-methyl/N-ethyl adjacent to an activating group) is 1. The van der Waals surface area contributed by atoms with Crippen LogP contribution in [-0.4, -0.2) is 79.1 Å². The van der Waals surface area contributed by atoms with Crippen molar-refractivity contribution in [3.63, 3.8) is 0 Å². The summed E-state index contributed by atoms with van der Waals surface area (Å²) in [5.74, 6) is -2.03. The van der Waals surface area contributed by atoms with E-state index in [0.717, 1.165) is 4.57 Å². The molecule has 3 heterocycles. The van der Waals surface area contributed by atoms with Gasteiger partial charge >= 0.3 is 5.97 Å². The van der Waals surface area contributed by atoms with Gasteiger partial charge in [0.05, 0.1) is 31.0 Å². The van der Waals surface area contributed by atoms with Gasteiger partial charge in [0.2, 0.25) is 0 Å². The average Bonchev–Trinajstić information content (AvgIpc) is 2.75. The minimum atomic E-state index is -0.861. The van der Waals surface area contributed by atoms with Gasteiger partial charge in [0.25, 0.3) is 5.56 Å². The van der Waals surface area contributed by atoms with E-state index in [-0.39, 0.29) is 41.3 Å². The van der Waals surface area contributed by atoms with Crippen LogP contribution in [0.1, 0.15) is 12.5 Å². The number of piperazine rings is 1. The molecule has 2 aromatic rings. The maximum absolute atomic E-state index is 15.2. The molecule has 0 saturated carbocycles. The van der Waals surface area contributed by atoms with Crippen LogP contribution in [0.25, 0.3) is 10.9 Å². The molecule has 0 bridgehead atoms. The number of ether oxygens (including phenoxy) is 1. The van der Waals surface area contributed by atoms with Gasteiger partial charge in [-0.05, 0) is 27.0 Å². The number of nitrogens with zero attached hydrogens (tertiary/aromatic N) is 4. The highest BCUT2D eigenvalue weighted by atomic mass is 19.1. The Hall–Kier alpha value is -2.72. The summed E-state index contributed by atoms with van der Waals surface area (Å²) in [5.41, 5.74) is -0.144. The summed E-state index contributed by atoms with van der Waals surface area (Å²) in [7, 11) is 4.64. The quantitative estimate of drug-likeness (QED) is 0.699. The first-order valence-corrected chi connectivity index (χ1v) is 10.6. The first-order valence-electron chi connectivity index (χ1n) is 10.6. The lowest BCUT2D eigenvalue weighted by Gasteiger charge is -2.54. The summed E-state index contributed by atoms with van der Waals surface area (Å²) >= 11 is 0. The molecule has 3 unspecified atom stereocenters. The number of hydrogen-bond acceptors (Lipinski definition) is 7. The van der Waals surface area contributed by atoms with Gasteiger partial charge in [-0.2, -0.15) is 0 Å². The highest BCUT2D eigenvalue weighted by Gasteiger charge is 2.49. The van der Waals surface area contributed by atoms with Gasteiger partial charge < -0.3 is 24.2 Å². The number of rotatable bonds is 3. The lowest BCUT2D eigenvalue weighted by atomic mass is 9.92. The van der Waals surface area contributed by atoms with E-state index in [0.29, 0.717) is 18.8 Å². The molecule has 174 valence electrons.